The van der Waals surface area contributed by atoms with E-state index < -0.39 is 5.69 Å². The van der Waals surface area contributed by atoms with E-state index in [9.17, 15) is 9.59 Å². The van der Waals surface area contributed by atoms with Gasteiger partial charge in [0.2, 0.25) is 0 Å². The molecule has 0 aliphatic rings. The molecule has 0 fully saturated rings. The van der Waals surface area contributed by atoms with E-state index in [0.717, 1.165) is 5.69 Å². The first-order valence-corrected chi connectivity index (χ1v) is 6.24. The van der Waals surface area contributed by atoms with Crippen molar-refractivity contribution < 1.29 is 0 Å². The van der Waals surface area contributed by atoms with Crippen molar-refractivity contribution >= 4 is 21.6 Å². The maximum absolute atomic E-state index is 11.8. The van der Waals surface area contributed by atoms with Gasteiger partial charge in [-0.25, -0.2) is 4.79 Å². The van der Waals surface area contributed by atoms with E-state index in [-0.39, 0.29) is 5.56 Å². The SMILES string of the molecule is O=c1[nH]c(=O)n(Cc2ccccn2)c2sccc12. The number of thiophene rings is 1. The van der Waals surface area contributed by atoms with Crippen molar-refractivity contribution in [3.05, 3.63) is 62.4 Å². The predicted octanol–water partition coefficient (Wildman–Crippen LogP) is 1.19. The molecule has 3 rings (SSSR count). The molecule has 0 bridgehead atoms. The molecule has 0 spiro atoms. The van der Waals surface area contributed by atoms with Gasteiger partial charge in [-0.15, -0.1) is 11.3 Å². The molecular weight excluding hydrogens is 250 g/mol. The summed E-state index contributed by atoms with van der Waals surface area (Å²) in [6, 6.07) is 7.24. The monoisotopic (exact) mass is 259 g/mol. The van der Waals surface area contributed by atoms with Crippen LogP contribution in [0.2, 0.25) is 0 Å². The van der Waals surface area contributed by atoms with Crippen molar-refractivity contribution in [1.82, 2.24) is 14.5 Å². The molecule has 3 heterocycles. The summed E-state index contributed by atoms with van der Waals surface area (Å²) in [7, 11) is 0. The standard InChI is InChI=1S/C12H9N3O2S/c16-10-9-4-6-18-11(9)15(12(17)14-10)7-8-3-1-2-5-13-8/h1-6H,7H2,(H,14,16,17). The summed E-state index contributed by atoms with van der Waals surface area (Å²) >= 11 is 1.38. The fourth-order valence-electron chi connectivity index (χ4n) is 1.80. The first kappa shape index (κ1) is 10.9. The Morgan fingerprint density at radius 2 is 2.17 bits per heavy atom. The molecule has 0 aliphatic heterocycles. The lowest BCUT2D eigenvalue weighted by molar-refractivity contribution is 0.743. The van der Waals surface area contributed by atoms with E-state index in [2.05, 4.69) is 9.97 Å². The molecule has 1 N–H and O–H groups in total. The number of hydrogen-bond donors (Lipinski definition) is 1. The normalized spacial score (nSPS) is 10.9. The highest BCUT2D eigenvalue weighted by Gasteiger charge is 2.09. The molecule has 0 saturated carbocycles. The van der Waals surface area contributed by atoms with Gasteiger partial charge in [0.1, 0.15) is 4.83 Å². The maximum Gasteiger partial charge on any atom is 0.329 e. The van der Waals surface area contributed by atoms with Crippen molar-refractivity contribution in [2.45, 2.75) is 6.54 Å². The minimum absolute atomic E-state index is 0.339. The van der Waals surface area contributed by atoms with Gasteiger partial charge in [0.25, 0.3) is 5.56 Å². The van der Waals surface area contributed by atoms with Crippen LogP contribution in [0.3, 0.4) is 0 Å². The zero-order valence-electron chi connectivity index (χ0n) is 9.29. The molecule has 0 aliphatic carbocycles. The van der Waals surface area contributed by atoms with E-state index >= 15 is 0 Å². The molecule has 3 aromatic rings. The maximum atomic E-state index is 11.8. The molecule has 0 saturated heterocycles. The fourth-order valence-corrected chi connectivity index (χ4v) is 2.70. The van der Waals surface area contributed by atoms with Crippen LogP contribution in [-0.2, 0) is 6.54 Å². The van der Waals surface area contributed by atoms with Gasteiger partial charge in [0, 0.05) is 6.20 Å². The van der Waals surface area contributed by atoms with E-state index in [0.29, 0.717) is 16.8 Å². The second-order valence-electron chi connectivity index (χ2n) is 3.81. The molecule has 0 atom stereocenters. The molecule has 0 unspecified atom stereocenters. The number of fused-ring (bicyclic) bond motifs is 1. The van der Waals surface area contributed by atoms with Gasteiger partial charge in [0.15, 0.2) is 0 Å². The minimum atomic E-state index is -0.402. The van der Waals surface area contributed by atoms with Crippen LogP contribution < -0.4 is 11.2 Å². The molecule has 90 valence electrons. The summed E-state index contributed by atoms with van der Waals surface area (Å²) in [4.78, 5) is 30.6. The molecule has 0 radical (unpaired) electrons. The van der Waals surface area contributed by atoms with Crippen molar-refractivity contribution in [3.63, 3.8) is 0 Å². The number of nitrogens with one attached hydrogen (secondary N) is 1. The molecule has 6 heteroatoms. The summed E-state index contributed by atoms with van der Waals surface area (Å²) in [6.45, 7) is 0.355. The molecule has 0 aromatic carbocycles. The Morgan fingerprint density at radius 3 is 2.94 bits per heavy atom. The highest BCUT2D eigenvalue weighted by Crippen LogP contribution is 2.15. The Bertz CT molecular complexity index is 801. The smallest absolute Gasteiger partial charge is 0.278 e. The average molecular weight is 259 g/mol. The number of H-pyrrole nitrogens is 1. The van der Waals surface area contributed by atoms with Crippen molar-refractivity contribution in [2.75, 3.05) is 0 Å². The lowest BCUT2D eigenvalue weighted by atomic mass is 10.3. The second kappa shape index (κ2) is 4.23. The minimum Gasteiger partial charge on any atom is -0.278 e. The topological polar surface area (TPSA) is 67.8 Å². The van der Waals surface area contributed by atoms with Crippen LogP contribution in [0.5, 0.6) is 0 Å². The predicted molar refractivity (Wildman–Crippen MR) is 70.0 cm³/mol. The van der Waals surface area contributed by atoms with Gasteiger partial charge in [-0.05, 0) is 23.6 Å². The van der Waals surface area contributed by atoms with Gasteiger partial charge in [-0.2, -0.15) is 0 Å². The van der Waals surface area contributed by atoms with Crippen molar-refractivity contribution in [1.29, 1.82) is 0 Å². The Balaban J connectivity index is 2.21. The number of rotatable bonds is 2. The van der Waals surface area contributed by atoms with Gasteiger partial charge in [0.05, 0.1) is 17.6 Å². The number of hydrogen-bond acceptors (Lipinski definition) is 4. The van der Waals surface area contributed by atoms with Gasteiger partial charge < -0.3 is 0 Å². The number of aromatic amines is 1. The van der Waals surface area contributed by atoms with E-state index in [1.807, 2.05) is 18.2 Å². The third-order valence-electron chi connectivity index (χ3n) is 2.65. The van der Waals surface area contributed by atoms with Crippen LogP contribution in [0.25, 0.3) is 10.2 Å². The van der Waals surface area contributed by atoms with Gasteiger partial charge >= 0.3 is 5.69 Å². The molecule has 0 amide bonds. The van der Waals surface area contributed by atoms with Gasteiger partial charge in [-0.3, -0.25) is 19.3 Å². The van der Waals surface area contributed by atoms with Crippen LogP contribution in [0.1, 0.15) is 5.69 Å². The Hall–Kier alpha value is -2.21. The van der Waals surface area contributed by atoms with E-state index in [1.165, 1.54) is 15.9 Å². The molecule has 3 aromatic heterocycles. The lowest BCUT2D eigenvalue weighted by Gasteiger charge is -2.05. The first-order valence-electron chi connectivity index (χ1n) is 5.36. The zero-order valence-corrected chi connectivity index (χ0v) is 10.1. The largest absolute Gasteiger partial charge is 0.329 e. The molecular formula is C12H9N3O2S. The highest BCUT2D eigenvalue weighted by molar-refractivity contribution is 7.16. The van der Waals surface area contributed by atoms with Crippen LogP contribution in [0, 0.1) is 0 Å². The molecule has 18 heavy (non-hydrogen) atoms. The lowest BCUT2D eigenvalue weighted by Crippen LogP contribution is -2.30. The quantitative estimate of drug-likeness (QED) is 0.751. The summed E-state index contributed by atoms with van der Waals surface area (Å²) in [5.41, 5.74) is 0.0375. The fraction of sp³-hybridized carbons (Fsp3) is 0.0833. The zero-order chi connectivity index (χ0) is 12.5. The Labute approximate surface area is 105 Å². The van der Waals surface area contributed by atoms with E-state index in [1.54, 1.807) is 17.6 Å². The first-order chi connectivity index (χ1) is 8.75. The van der Waals surface area contributed by atoms with Crippen LogP contribution >= 0.6 is 11.3 Å². The van der Waals surface area contributed by atoms with Crippen LogP contribution in [-0.4, -0.2) is 14.5 Å². The van der Waals surface area contributed by atoms with Crippen molar-refractivity contribution in [2.24, 2.45) is 0 Å². The summed E-state index contributed by atoms with van der Waals surface area (Å²) in [6.07, 6.45) is 1.68. The van der Waals surface area contributed by atoms with E-state index in [4.69, 9.17) is 0 Å². The highest BCUT2D eigenvalue weighted by atomic mass is 32.1. The van der Waals surface area contributed by atoms with Crippen molar-refractivity contribution in [3.8, 4) is 0 Å². The van der Waals surface area contributed by atoms with Crippen LogP contribution in [0.4, 0.5) is 0 Å². The summed E-state index contributed by atoms with van der Waals surface area (Å²) in [5.74, 6) is 0. The third-order valence-corrected chi connectivity index (χ3v) is 3.58. The number of nitrogens with zero attached hydrogens (tertiary/aromatic N) is 2. The Kier molecular flexibility index (Phi) is 2.56. The third kappa shape index (κ3) is 1.76. The second-order valence-corrected chi connectivity index (χ2v) is 4.70. The number of aromatic nitrogens is 3. The Morgan fingerprint density at radius 1 is 1.28 bits per heavy atom. The summed E-state index contributed by atoms with van der Waals surface area (Å²) in [5, 5.41) is 2.34. The number of pyridine rings is 1. The molecule has 5 nitrogen and oxygen atoms in total. The van der Waals surface area contributed by atoms with Gasteiger partial charge in [-0.1, -0.05) is 6.07 Å². The summed E-state index contributed by atoms with van der Waals surface area (Å²) < 4.78 is 1.53. The average Bonchev–Trinajstić information content (AvgIpc) is 2.85. The van der Waals surface area contributed by atoms with Crippen LogP contribution in [0.15, 0.2) is 45.4 Å².